The molecule has 31 heavy (non-hydrogen) atoms. The van der Waals surface area contributed by atoms with Crippen LogP contribution in [0, 0.1) is 0 Å². The van der Waals surface area contributed by atoms with E-state index in [9.17, 15) is 14.4 Å². The number of carbonyl (C=O) groups excluding carboxylic acids is 3. The van der Waals surface area contributed by atoms with Crippen molar-refractivity contribution < 1.29 is 14.4 Å². The van der Waals surface area contributed by atoms with Gasteiger partial charge in [-0.2, -0.15) is 0 Å². The minimum atomic E-state index is -0.526. The number of anilines is 2. The molecule has 0 unspecified atom stereocenters. The number of rotatable bonds is 3. The van der Waals surface area contributed by atoms with Crippen LogP contribution in [0.2, 0.25) is 10.0 Å². The van der Waals surface area contributed by atoms with Gasteiger partial charge in [-0.3, -0.25) is 19.7 Å². The van der Waals surface area contributed by atoms with Crippen molar-refractivity contribution >= 4 is 69.6 Å². The largest absolute Gasteiger partial charge is 0.332 e. The average Bonchev–Trinajstić information content (AvgIpc) is 3.00. The van der Waals surface area contributed by atoms with Crippen LogP contribution in [-0.4, -0.2) is 22.8 Å². The summed E-state index contributed by atoms with van der Waals surface area (Å²) in [7, 11) is 0. The molecule has 0 aliphatic carbocycles. The molecule has 1 aliphatic heterocycles. The fraction of sp³-hybridized carbons (Fsp3) is 0. The SMILES string of the molecule is O=C(NC(=S)Nc1cccc(N2C(=O)c3ccccc3C2=O)c1)c1cc(Cl)ccc1Cl. The summed E-state index contributed by atoms with van der Waals surface area (Å²) in [5, 5.41) is 6.00. The van der Waals surface area contributed by atoms with E-state index in [1.54, 1.807) is 54.6 Å². The zero-order chi connectivity index (χ0) is 22.1. The first-order valence-electron chi connectivity index (χ1n) is 9.00. The summed E-state index contributed by atoms with van der Waals surface area (Å²) in [5.74, 6) is -1.32. The van der Waals surface area contributed by atoms with E-state index in [4.69, 9.17) is 35.4 Å². The molecule has 0 saturated carbocycles. The van der Waals surface area contributed by atoms with Gasteiger partial charge in [0.1, 0.15) is 0 Å². The molecular weight excluding hydrogens is 457 g/mol. The first-order valence-corrected chi connectivity index (χ1v) is 10.2. The van der Waals surface area contributed by atoms with E-state index in [2.05, 4.69) is 10.6 Å². The van der Waals surface area contributed by atoms with Gasteiger partial charge in [0.2, 0.25) is 0 Å². The molecule has 9 heteroatoms. The van der Waals surface area contributed by atoms with Gasteiger partial charge >= 0.3 is 0 Å². The highest BCUT2D eigenvalue weighted by atomic mass is 35.5. The minimum Gasteiger partial charge on any atom is -0.332 e. The van der Waals surface area contributed by atoms with Crippen LogP contribution >= 0.6 is 35.4 Å². The Labute approximate surface area is 192 Å². The predicted molar refractivity (Wildman–Crippen MR) is 124 cm³/mol. The molecule has 3 aromatic rings. The second kappa shape index (κ2) is 8.47. The van der Waals surface area contributed by atoms with Crippen molar-refractivity contribution in [2.75, 3.05) is 10.2 Å². The molecule has 1 aliphatic rings. The van der Waals surface area contributed by atoms with Crippen molar-refractivity contribution in [2.24, 2.45) is 0 Å². The van der Waals surface area contributed by atoms with Crippen molar-refractivity contribution in [3.8, 4) is 0 Å². The number of nitrogens with one attached hydrogen (secondary N) is 2. The lowest BCUT2D eigenvalue weighted by Gasteiger charge is -2.16. The lowest BCUT2D eigenvalue weighted by molar-refractivity contribution is 0.0924. The lowest BCUT2D eigenvalue weighted by Crippen LogP contribution is -2.34. The zero-order valence-electron chi connectivity index (χ0n) is 15.7. The normalized spacial score (nSPS) is 12.5. The van der Waals surface area contributed by atoms with Gasteiger partial charge in [-0.15, -0.1) is 0 Å². The molecule has 3 amide bonds. The van der Waals surface area contributed by atoms with E-state index in [-0.39, 0.29) is 15.7 Å². The quantitative estimate of drug-likeness (QED) is 0.420. The fourth-order valence-electron chi connectivity index (χ4n) is 3.15. The number of hydrogen-bond acceptors (Lipinski definition) is 4. The Kier molecular flexibility index (Phi) is 5.73. The van der Waals surface area contributed by atoms with Crippen LogP contribution in [0.3, 0.4) is 0 Å². The highest BCUT2D eigenvalue weighted by molar-refractivity contribution is 7.80. The number of thiocarbonyl (C=S) groups is 1. The predicted octanol–water partition coefficient (Wildman–Crippen LogP) is 4.92. The topological polar surface area (TPSA) is 78.5 Å². The maximum Gasteiger partial charge on any atom is 0.266 e. The summed E-state index contributed by atoms with van der Waals surface area (Å²) in [5.41, 5.74) is 1.75. The van der Waals surface area contributed by atoms with Crippen molar-refractivity contribution in [1.82, 2.24) is 5.32 Å². The number of nitrogens with zero attached hydrogens (tertiary/aromatic N) is 1. The van der Waals surface area contributed by atoms with E-state index < -0.39 is 17.7 Å². The number of fused-ring (bicyclic) bond motifs is 1. The van der Waals surface area contributed by atoms with Crippen LogP contribution < -0.4 is 15.5 Å². The molecule has 0 atom stereocenters. The van der Waals surface area contributed by atoms with Crippen LogP contribution in [-0.2, 0) is 0 Å². The van der Waals surface area contributed by atoms with Gasteiger partial charge in [-0.1, -0.05) is 41.4 Å². The van der Waals surface area contributed by atoms with Gasteiger partial charge in [-0.05, 0) is 60.7 Å². The molecule has 154 valence electrons. The van der Waals surface area contributed by atoms with Crippen LogP contribution in [0.15, 0.2) is 66.7 Å². The summed E-state index contributed by atoms with van der Waals surface area (Å²) in [6.07, 6.45) is 0. The number of amides is 3. The molecule has 0 bridgehead atoms. The Morgan fingerprint density at radius 3 is 2.23 bits per heavy atom. The number of hydrogen-bond donors (Lipinski definition) is 2. The molecule has 2 N–H and O–H groups in total. The van der Waals surface area contributed by atoms with Gasteiger partial charge in [-0.25, -0.2) is 4.90 Å². The lowest BCUT2D eigenvalue weighted by atomic mass is 10.1. The summed E-state index contributed by atoms with van der Waals surface area (Å²) in [6, 6.07) is 17.7. The molecule has 0 saturated heterocycles. The van der Waals surface area contributed by atoms with E-state index in [1.165, 1.54) is 12.1 Å². The van der Waals surface area contributed by atoms with Crippen molar-refractivity contribution in [3.05, 3.63) is 93.5 Å². The van der Waals surface area contributed by atoms with Gasteiger partial charge < -0.3 is 5.32 Å². The molecule has 0 fully saturated rings. The van der Waals surface area contributed by atoms with Gasteiger partial charge in [0, 0.05) is 10.7 Å². The van der Waals surface area contributed by atoms with Crippen molar-refractivity contribution in [3.63, 3.8) is 0 Å². The third-order valence-electron chi connectivity index (χ3n) is 4.56. The van der Waals surface area contributed by atoms with Crippen LogP contribution in [0.5, 0.6) is 0 Å². The molecule has 0 radical (unpaired) electrons. The van der Waals surface area contributed by atoms with Crippen molar-refractivity contribution in [1.29, 1.82) is 0 Å². The van der Waals surface area contributed by atoms with E-state index >= 15 is 0 Å². The molecule has 4 rings (SSSR count). The van der Waals surface area contributed by atoms with Crippen LogP contribution in [0.1, 0.15) is 31.1 Å². The van der Waals surface area contributed by atoms with E-state index in [1.807, 2.05) is 0 Å². The monoisotopic (exact) mass is 469 g/mol. The Balaban J connectivity index is 1.50. The first kappa shape index (κ1) is 21.0. The minimum absolute atomic E-state index is 0.0144. The molecule has 1 heterocycles. The standard InChI is InChI=1S/C22H13Cl2N3O3S/c23-12-8-9-18(24)17(10-12)19(28)26-22(31)25-13-4-3-5-14(11-13)27-20(29)15-6-1-2-7-16(15)21(27)30/h1-11H,(H2,25,26,28,31). The highest BCUT2D eigenvalue weighted by Crippen LogP contribution is 2.29. The Morgan fingerprint density at radius 1 is 0.871 bits per heavy atom. The fourth-order valence-corrected chi connectivity index (χ4v) is 3.74. The first-order chi connectivity index (χ1) is 14.8. The van der Waals surface area contributed by atoms with Gasteiger partial charge in [0.05, 0.1) is 27.4 Å². The Bertz CT molecular complexity index is 1230. The highest BCUT2D eigenvalue weighted by Gasteiger charge is 2.36. The molecule has 6 nitrogen and oxygen atoms in total. The third-order valence-corrected chi connectivity index (χ3v) is 5.33. The molecular formula is C22H13Cl2N3O3S. The molecule has 0 aromatic heterocycles. The Hall–Kier alpha value is -3.26. The Morgan fingerprint density at radius 2 is 1.55 bits per heavy atom. The van der Waals surface area contributed by atoms with Crippen molar-refractivity contribution in [2.45, 2.75) is 0 Å². The summed E-state index contributed by atoms with van der Waals surface area (Å²) >= 11 is 17.2. The van der Waals surface area contributed by atoms with E-state index in [0.717, 1.165) is 4.90 Å². The maximum atomic E-state index is 12.7. The second-order valence-electron chi connectivity index (χ2n) is 6.57. The smallest absolute Gasteiger partial charge is 0.266 e. The maximum absolute atomic E-state index is 12.7. The van der Waals surface area contributed by atoms with Gasteiger partial charge in [0.25, 0.3) is 17.7 Å². The number of benzene rings is 3. The summed E-state index contributed by atoms with van der Waals surface area (Å²) in [4.78, 5) is 38.9. The summed E-state index contributed by atoms with van der Waals surface area (Å²) < 4.78 is 0. The van der Waals surface area contributed by atoms with Crippen LogP contribution in [0.25, 0.3) is 0 Å². The molecule has 3 aromatic carbocycles. The average molecular weight is 470 g/mol. The molecule has 0 spiro atoms. The zero-order valence-corrected chi connectivity index (χ0v) is 18.0. The third kappa shape index (κ3) is 4.16. The van der Waals surface area contributed by atoms with Gasteiger partial charge in [0.15, 0.2) is 5.11 Å². The second-order valence-corrected chi connectivity index (χ2v) is 7.83. The van der Waals surface area contributed by atoms with Crippen LogP contribution in [0.4, 0.5) is 11.4 Å². The van der Waals surface area contributed by atoms with E-state index in [0.29, 0.717) is 27.5 Å². The number of halogens is 2. The number of carbonyl (C=O) groups is 3. The number of imide groups is 1. The summed E-state index contributed by atoms with van der Waals surface area (Å²) in [6.45, 7) is 0.